The normalized spacial score (nSPS) is 24.0. The van der Waals surface area contributed by atoms with Crippen molar-refractivity contribution in [3.8, 4) is 0 Å². The van der Waals surface area contributed by atoms with Crippen LogP contribution in [0.1, 0.15) is 51.9 Å². The van der Waals surface area contributed by atoms with Gasteiger partial charge in [-0.25, -0.2) is 0 Å². The summed E-state index contributed by atoms with van der Waals surface area (Å²) in [7, 11) is 1.79. The van der Waals surface area contributed by atoms with Crippen molar-refractivity contribution in [3.05, 3.63) is 0 Å². The van der Waals surface area contributed by atoms with Crippen LogP contribution in [0.25, 0.3) is 0 Å². The second-order valence-corrected chi connectivity index (χ2v) is 6.98. The van der Waals surface area contributed by atoms with Gasteiger partial charge < -0.3 is 24.8 Å². The van der Waals surface area contributed by atoms with E-state index in [0.29, 0.717) is 18.8 Å². The molecule has 0 amide bonds. The summed E-state index contributed by atoms with van der Waals surface area (Å²) in [5, 5.41) is 6.82. The number of aliphatic imine (C=N–C) groups is 1. The van der Waals surface area contributed by atoms with Gasteiger partial charge in [-0.1, -0.05) is 0 Å². The minimum atomic E-state index is -0.0435. The number of esters is 1. The fourth-order valence-electron chi connectivity index (χ4n) is 3.49. The quantitative estimate of drug-likeness (QED) is 0.176. The zero-order chi connectivity index (χ0) is 18.6. The number of hydrogen-bond donors (Lipinski definition) is 2. The van der Waals surface area contributed by atoms with E-state index in [1.165, 1.54) is 0 Å². The van der Waals surface area contributed by atoms with Gasteiger partial charge in [0, 0.05) is 39.5 Å². The molecule has 0 aromatic carbocycles. The first-order valence-electron chi connectivity index (χ1n) is 10.1. The third kappa shape index (κ3) is 9.43. The lowest BCUT2D eigenvalue weighted by atomic mass is 9.86. The van der Waals surface area contributed by atoms with Gasteiger partial charge >= 0.3 is 5.97 Å². The van der Waals surface area contributed by atoms with Gasteiger partial charge in [0.25, 0.3) is 0 Å². The molecule has 0 bridgehead atoms. The van der Waals surface area contributed by atoms with E-state index in [1.54, 1.807) is 7.05 Å². The van der Waals surface area contributed by atoms with Crippen molar-refractivity contribution in [1.29, 1.82) is 0 Å². The largest absolute Gasteiger partial charge is 0.466 e. The van der Waals surface area contributed by atoms with Crippen LogP contribution in [0.2, 0.25) is 0 Å². The lowest BCUT2D eigenvalue weighted by molar-refractivity contribution is -0.149. The van der Waals surface area contributed by atoms with Crippen molar-refractivity contribution < 1.29 is 19.0 Å². The summed E-state index contributed by atoms with van der Waals surface area (Å²) in [5.74, 6) is 0.846. The number of hydrogen-bond acceptors (Lipinski definition) is 5. The third-order valence-corrected chi connectivity index (χ3v) is 5.05. The van der Waals surface area contributed by atoms with Crippen LogP contribution in [0.5, 0.6) is 0 Å². The standard InChI is InChI=1S/C19H35N3O4.HI/c1-3-25-18(23)15-5-7-16(8-6-15)22-19(20-2)21-11-4-12-26-17-9-13-24-14-10-17;/h15-17H,3-14H2,1-2H3,(H2,20,21,22);1H. The molecule has 1 aliphatic carbocycles. The average molecular weight is 497 g/mol. The Morgan fingerprint density at radius 3 is 2.48 bits per heavy atom. The Kier molecular flexibility index (Phi) is 13.0. The summed E-state index contributed by atoms with van der Waals surface area (Å²) in [6.07, 6.45) is 7.02. The molecule has 0 aromatic heterocycles. The minimum Gasteiger partial charge on any atom is -0.466 e. The monoisotopic (exact) mass is 497 g/mol. The average Bonchev–Trinajstić information content (AvgIpc) is 2.68. The molecule has 27 heavy (non-hydrogen) atoms. The van der Waals surface area contributed by atoms with Crippen molar-refractivity contribution >= 4 is 35.9 Å². The molecule has 0 aromatic rings. The summed E-state index contributed by atoms with van der Waals surface area (Å²) in [4.78, 5) is 16.1. The molecular weight excluding hydrogens is 461 g/mol. The van der Waals surface area contributed by atoms with E-state index in [9.17, 15) is 4.79 Å². The van der Waals surface area contributed by atoms with Crippen molar-refractivity contribution in [2.24, 2.45) is 10.9 Å². The van der Waals surface area contributed by atoms with Crippen LogP contribution in [-0.2, 0) is 19.0 Å². The first-order chi connectivity index (χ1) is 12.7. The summed E-state index contributed by atoms with van der Waals surface area (Å²) < 4.78 is 16.3. The fourth-order valence-corrected chi connectivity index (χ4v) is 3.49. The van der Waals surface area contributed by atoms with Crippen LogP contribution in [0, 0.1) is 5.92 Å². The SMILES string of the molecule is CCOC(=O)C1CCC(NC(=NC)NCCCOC2CCOCC2)CC1.I. The van der Waals surface area contributed by atoms with Gasteiger partial charge in [0.2, 0.25) is 0 Å². The Bertz CT molecular complexity index is 437. The minimum absolute atomic E-state index is 0. The van der Waals surface area contributed by atoms with E-state index >= 15 is 0 Å². The van der Waals surface area contributed by atoms with Crippen molar-refractivity contribution in [2.45, 2.75) is 64.0 Å². The number of guanidine groups is 1. The number of halogens is 1. The number of nitrogens with zero attached hydrogens (tertiary/aromatic N) is 1. The van der Waals surface area contributed by atoms with Crippen molar-refractivity contribution in [3.63, 3.8) is 0 Å². The molecule has 2 aliphatic rings. The summed E-state index contributed by atoms with van der Waals surface area (Å²) >= 11 is 0. The molecule has 2 fully saturated rings. The molecule has 1 aliphatic heterocycles. The molecular formula is C19H36IN3O4. The van der Waals surface area contributed by atoms with Gasteiger partial charge in [0.15, 0.2) is 5.96 Å². The van der Waals surface area contributed by atoms with Crippen LogP contribution in [0.3, 0.4) is 0 Å². The number of nitrogens with one attached hydrogen (secondary N) is 2. The molecule has 0 radical (unpaired) electrons. The molecule has 1 saturated heterocycles. The predicted molar refractivity (Wildman–Crippen MR) is 117 cm³/mol. The van der Waals surface area contributed by atoms with E-state index in [1.807, 2.05) is 6.92 Å². The topological polar surface area (TPSA) is 81.2 Å². The zero-order valence-electron chi connectivity index (χ0n) is 16.7. The van der Waals surface area contributed by atoms with Gasteiger partial charge in [-0.05, 0) is 51.9 Å². The number of carbonyl (C=O) groups excluding carboxylic acids is 1. The van der Waals surface area contributed by atoms with Gasteiger partial charge in [0.05, 0.1) is 18.6 Å². The maximum Gasteiger partial charge on any atom is 0.308 e. The highest BCUT2D eigenvalue weighted by atomic mass is 127. The summed E-state index contributed by atoms with van der Waals surface area (Å²) in [5.41, 5.74) is 0. The van der Waals surface area contributed by atoms with Crippen LogP contribution < -0.4 is 10.6 Å². The fraction of sp³-hybridized carbons (Fsp3) is 0.895. The Balaban J connectivity index is 0.00000364. The molecule has 0 atom stereocenters. The van der Waals surface area contributed by atoms with Gasteiger partial charge in [0.1, 0.15) is 0 Å². The van der Waals surface area contributed by atoms with E-state index in [2.05, 4.69) is 15.6 Å². The third-order valence-electron chi connectivity index (χ3n) is 5.05. The van der Waals surface area contributed by atoms with Gasteiger partial charge in [-0.15, -0.1) is 24.0 Å². The second kappa shape index (κ2) is 14.4. The van der Waals surface area contributed by atoms with E-state index < -0.39 is 0 Å². The molecule has 2 N–H and O–H groups in total. The maximum absolute atomic E-state index is 11.8. The Morgan fingerprint density at radius 2 is 1.85 bits per heavy atom. The highest BCUT2D eigenvalue weighted by Crippen LogP contribution is 2.25. The van der Waals surface area contributed by atoms with Crippen LogP contribution in [0.4, 0.5) is 0 Å². The van der Waals surface area contributed by atoms with Crippen molar-refractivity contribution in [1.82, 2.24) is 10.6 Å². The van der Waals surface area contributed by atoms with Gasteiger partial charge in [-0.2, -0.15) is 0 Å². The number of carbonyl (C=O) groups is 1. The van der Waals surface area contributed by atoms with E-state index in [0.717, 1.165) is 77.3 Å². The zero-order valence-corrected chi connectivity index (χ0v) is 19.0. The molecule has 158 valence electrons. The molecule has 1 saturated carbocycles. The molecule has 8 heteroatoms. The Hall–Kier alpha value is -0.610. The lowest BCUT2D eigenvalue weighted by Crippen LogP contribution is -2.45. The molecule has 0 unspecified atom stereocenters. The van der Waals surface area contributed by atoms with Crippen LogP contribution >= 0.6 is 24.0 Å². The van der Waals surface area contributed by atoms with Gasteiger partial charge in [-0.3, -0.25) is 9.79 Å². The summed E-state index contributed by atoms with van der Waals surface area (Å²) in [6.45, 7) is 5.55. The van der Waals surface area contributed by atoms with Crippen LogP contribution in [0.15, 0.2) is 4.99 Å². The second-order valence-electron chi connectivity index (χ2n) is 6.98. The van der Waals surface area contributed by atoms with Crippen molar-refractivity contribution in [2.75, 3.05) is 40.0 Å². The molecule has 1 heterocycles. The first-order valence-corrected chi connectivity index (χ1v) is 10.1. The lowest BCUT2D eigenvalue weighted by Gasteiger charge is -2.29. The highest BCUT2D eigenvalue weighted by molar-refractivity contribution is 14.0. The Labute approximate surface area is 180 Å². The highest BCUT2D eigenvalue weighted by Gasteiger charge is 2.27. The molecule has 2 rings (SSSR count). The number of ether oxygens (including phenoxy) is 3. The number of rotatable bonds is 8. The summed E-state index contributed by atoms with van der Waals surface area (Å²) in [6, 6.07) is 0.366. The Morgan fingerprint density at radius 1 is 1.15 bits per heavy atom. The smallest absolute Gasteiger partial charge is 0.308 e. The first kappa shape index (κ1) is 24.4. The maximum atomic E-state index is 11.8. The molecule has 7 nitrogen and oxygen atoms in total. The van der Waals surface area contributed by atoms with Crippen LogP contribution in [-0.4, -0.2) is 64.1 Å². The predicted octanol–water partition coefficient (Wildman–Crippen LogP) is 2.48. The molecule has 0 spiro atoms. The van der Waals surface area contributed by atoms with E-state index in [-0.39, 0.29) is 35.9 Å². The van der Waals surface area contributed by atoms with E-state index in [4.69, 9.17) is 14.2 Å².